The molecule has 1 aromatic rings. The number of anilines is 1. The van der Waals surface area contributed by atoms with Crippen molar-refractivity contribution in [3.63, 3.8) is 0 Å². The van der Waals surface area contributed by atoms with E-state index in [1.807, 2.05) is 24.3 Å². The summed E-state index contributed by atoms with van der Waals surface area (Å²) < 4.78 is 5.31. The summed E-state index contributed by atoms with van der Waals surface area (Å²) in [5, 5.41) is 14.9. The lowest BCUT2D eigenvalue weighted by molar-refractivity contribution is -0.117. The highest BCUT2D eigenvalue weighted by Crippen LogP contribution is 2.11. The minimum atomic E-state index is -0.0158. The molecule has 3 N–H and O–H groups in total. The highest BCUT2D eigenvalue weighted by atomic mass is 35.5. The molecule has 1 amide bonds. The van der Waals surface area contributed by atoms with Crippen LogP contribution in [0.3, 0.4) is 0 Å². The molecule has 0 saturated carbocycles. The molecule has 20 heavy (non-hydrogen) atoms. The van der Waals surface area contributed by atoms with Crippen LogP contribution in [-0.4, -0.2) is 43.4 Å². The van der Waals surface area contributed by atoms with Gasteiger partial charge in [-0.25, -0.2) is 0 Å². The number of halogens is 1. The molecular weight excluding hydrogens is 280 g/mol. The zero-order valence-electron chi connectivity index (χ0n) is 11.3. The Labute approximate surface area is 125 Å². The normalized spacial score (nSPS) is 18.1. The Morgan fingerprint density at radius 2 is 2.15 bits per heavy atom. The van der Waals surface area contributed by atoms with Crippen LogP contribution in [0.2, 0.25) is 0 Å². The van der Waals surface area contributed by atoms with Gasteiger partial charge in [0.1, 0.15) is 0 Å². The number of hydrogen-bond donors (Lipinski definition) is 3. The summed E-state index contributed by atoms with van der Waals surface area (Å²) in [6, 6.07) is 7.63. The van der Waals surface area contributed by atoms with Gasteiger partial charge in [-0.1, -0.05) is 12.1 Å². The zero-order valence-corrected chi connectivity index (χ0v) is 12.1. The van der Waals surface area contributed by atoms with Crippen molar-refractivity contribution in [2.75, 3.05) is 31.7 Å². The van der Waals surface area contributed by atoms with Crippen molar-refractivity contribution in [2.24, 2.45) is 0 Å². The molecule has 0 bridgehead atoms. The molecule has 6 heteroatoms. The molecule has 0 spiro atoms. The van der Waals surface area contributed by atoms with Gasteiger partial charge in [0.2, 0.25) is 5.91 Å². The third kappa shape index (κ3) is 5.46. The molecule has 2 rings (SSSR count). The minimum absolute atomic E-state index is 0. The number of amides is 1. The molecular formula is C14H21ClN2O3. The van der Waals surface area contributed by atoms with E-state index in [4.69, 9.17) is 9.84 Å². The van der Waals surface area contributed by atoms with Crippen LogP contribution in [0.1, 0.15) is 12.0 Å². The van der Waals surface area contributed by atoms with Crippen molar-refractivity contribution in [3.05, 3.63) is 29.8 Å². The first-order valence-corrected chi connectivity index (χ1v) is 6.58. The fourth-order valence-electron chi connectivity index (χ4n) is 2.07. The van der Waals surface area contributed by atoms with Crippen LogP contribution in [0.5, 0.6) is 0 Å². The number of aliphatic hydroxyl groups excluding tert-OH is 1. The van der Waals surface area contributed by atoms with Crippen LogP contribution in [0.25, 0.3) is 0 Å². The molecule has 1 saturated heterocycles. The van der Waals surface area contributed by atoms with Crippen LogP contribution in [0.4, 0.5) is 5.69 Å². The van der Waals surface area contributed by atoms with Crippen LogP contribution < -0.4 is 10.6 Å². The fraction of sp³-hybridized carbons (Fsp3) is 0.500. The third-order valence-corrected chi connectivity index (χ3v) is 3.07. The number of ether oxygens (including phenoxy) is 1. The molecule has 5 nitrogen and oxygen atoms in total. The van der Waals surface area contributed by atoms with Gasteiger partial charge in [-0.05, 0) is 24.1 Å². The third-order valence-electron chi connectivity index (χ3n) is 3.07. The largest absolute Gasteiger partial charge is 0.396 e. The van der Waals surface area contributed by atoms with Gasteiger partial charge >= 0.3 is 0 Å². The Kier molecular flexibility index (Phi) is 7.54. The quantitative estimate of drug-likeness (QED) is 0.757. The number of rotatable bonds is 5. The average Bonchev–Trinajstić information content (AvgIpc) is 2.42. The Morgan fingerprint density at radius 1 is 1.40 bits per heavy atom. The van der Waals surface area contributed by atoms with Crippen LogP contribution in [0, 0.1) is 0 Å². The van der Waals surface area contributed by atoms with Crippen LogP contribution in [0.15, 0.2) is 24.3 Å². The summed E-state index contributed by atoms with van der Waals surface area (Å²) in [5.74, 6) is -0.0158. The molecule has 112 valence electrons. The monoisotopic (exact) mass is 300 g/mol. The van der Waals surface area contributed by atoms with Crippen molar-refractivity contribution in [3.8, 4) is 0 Å². The van der Waals surface area contributed by atoms with E-state index in [9.17, 15) is 4.79 Å². The second kappa shape index (κ2) is 8.92. The Balaban J connectivity index is 0.00000200. The number of carbonyl (C=O) groups excluding carboxylic acids is 1. The Hall–Kier alpha value is -1.14. The van der Waals surface area contributed by atoms with Gasteiger partial charge in [0.05, 0.1) is 13.2 Å². The maximum Gasteiger partial charge on any atom is 0.226 e. The lowest BCUT2D eigenvalue weighted by Gasteiger charge is -2.23. The summed E-state index contributed by atoms with van der Waals surface area (Å²) in [5.41, 5.74) is 1.84. The summed E-state index contributed by atoms with van der Waals surface area (Å²) in [6.45, 7) is 2.24. The van der Waals surface area contributed by atoms with Gasteiger partial charge in [-0.2, -0.15) is 0 Å². The van der Waals surface area contributed by atoms with E-state index in [1.54, 1.807) is 0 Å². The maximum absolute atomic E-state index is 11.8. The molecule has 1 heterocycles. The number of morpholine rings is 1. The number of aliphatic hydroxyl groups is 1. The van der Waals surface area contributed by atoms with E-state index in [-0.39, 0.29) is 31.0 Å². The SMILES string of the molecule is Cl.O=C(CC1COCCN1)Nc1ccc(CCO)cc1. The Bertz CT molecular complexity index is 405. The second-order valence-corrected chi connectivity index (χ2v) is 4.65. The van der Waals surface area contributed by atoms with Gasteiger partial charge < -0.3 is 20.5 Å². The lowest BCUT2D eigenvalue weighted by atomic mass is 10.1. The maximum atomic E-state index is 11.8. The van der Waals surface area contributed by atoms with Crippen LogP contribution >= 0.6 is 12.4 Å². The molecule has 1 unspecified atom stereocenters. The van der Waals surface area contributed by atoms with Crippen molar-refractivity contribution in [1.29, 1.82) is 0 Å². The molecule has 1 atom stereocenters. The van der Waals surface area contributed by atoms with E-state index in [1.165, 1.54) is 0 Å². The Morgan fingerprint density at radius 3 is 2.75 bits per heavy atom. The highest BCUT2D eigenvalue weighted by Gasteiger charge is 2.16. The van der Waals surface area contributed by atoms with E-state index >= 15 is 0 Å². The number of hydrogen-bond acceptors (Lipinski definition) is 4. The number of benzene rings is 1. The van der Waals surface area contributed by atoms with E-state index in [0.717, 1.165) is 17.8 Å². The van der Waals surface area contributed by atoms with E-state index in [2.05, 4.69) is 10.6 Å². The highest BCUT2D eigenvalue weighted by molar-refractivity contribution is 5.91. The number of nitrogens with one attached hydrogen (secondary N) is 2. The van der Waals surface area contributed by atoms with E-state index < -0.39 is 0 Å². The van der Waals surface area contributed by atoms with Gasteiger partial charge in [0, 0.05) is 31.3 Å². The topological polar surface area (TPSA) is 70.6 Å². The summed E-state index contributed by atoms with van der Waals surface area (Å²) in [7, 11) is 0. The minimum Gasteiger partial charge on any atom is -0.396 e. The van der Waals surface area contributed by atoms with Crippen LogP contribution in [-0.2, 0) is 16.0 Å². The van der Waals surface area contributed by atoms with Crippen molar-refractivity contribution < 1.29 is 14.6 Å². The standard InChI is InChI=1S/C14H20N2O3.ClH/c17-7-5-11-1-3-12(4-2-11)16-14(18)9-13-10-19-8-6-15-13;/h1-4,13,15,17H,5-10H2,(H,16,18);1H. The molecule has 1 aliphatic rings. The van der Waals surface area contributed by atoms with Gasteiger partial charge in [-0.3, -0.25) is 4.79 Å². The van der Waals surface area contributed by atoms with E-state index in [0.29, 0.717) is 26.1 Å². The first-order valence-electron chi connectivity index (χ1n) is 6.58. The smallest absolute Gasteiger partial charge is 0.226 e. The zero-order chi connectivity index (χ0) is 13.5. The van der Waals surface area contributed by atoms with Gasteiger partial charge in [0.25, 0.3) is 0 Å². The molecule has 0 aromatic heterocycles. The predicted molar refractivity (Wildman–Crippen MR) is 80.3 cm³/mol. The first kappa shape index (κ1) is 16.9. The lowest BCUT2D eigenvalue weighted by Crippen LogP contribution is -2.43. The van der Waals surface area contributed by atoms with Crippen molar-refractivity contribution in [2.45, 2.75) is 18.9 Å². The summed E-state index contributed by atoms with van der Waals surface area (Å²) >= 11 is 0. The van der Waals surface area contributed by atoms with Crippen molar-refractivity contribution >= 4 is 24.0 Å². The molecule has 1 fully saturated rings. The summed E-state index contributed by atoms with van der Waals surface area (Å²) in [4.78, 5) is 11.8. The number of carbonyl (C=O) groups is 1. The fourth-order valence-corrected chi connectivity index (χ4v) is 2.07. The van der Waals surface area contributed by atoms with Gasteiger partial charge in [0.15, 0.2) is 0 Å². The van der Waals surface area contributed by atoms with Gasteiger partial charge in [-0.15, -0.1) is 12.4 Å². The average molecular weight is 301 g/mol. The predicted octanol–water partition coefficient (Wildman–Crippen LogP) is 0.960. The summed E-state index contributed by atoms with van der Waals surface area (Å²) in [6.07, 6.45) is 1.05. The molecule has 0 aliphatic carbocycles. The van der Waals surface area contributed by atoms with Crippen molar-refractivity contribution in [1.82, 2.24) is 5.32 Å². The molecule has 1 aromatic carbocycles. The second-order valence-electron chi connectivity index (χ2n) is 4.65. The first-order chi connectivity index (χ1) is 9.28. The molecule has 0 radical (unpaired) electrons. The molecule has 1 aliphatic heterocycles.